The van der Waals surface area contributed by atoms with Gasteiger partial charge >= 0.3 is 0 Å². The average molecular weight is 475 g/mol. The molecular formula is C23H20Cl2N2O3S. The van der Waals surface area contributed by atoms with E-state index in [0.717, 1.165) is 4.90 Å². The van der Waals surface area contributed by atoms with Gasteiger partial charge in [0, 0.05) is 15.6 Å². The Kier molecular flexibility index (Phi) is 7.85. The van der Waals surface area contributed by atoms with Gasteiger partial charge in [-0.2, -0.15) is 0 Å². The van der Waals surface area contributed by atoms with Crippen LogP contribution >= 0.6 is 35.0 Å². The van der Waals surface area contributed by atoms with Crippen molar-refractivity contribution in [2.45, 2.75) is 17.1 Å². The van der Waals surface area contributed by atoms with E-state index in [4.69, 9.17) is 27.9 Å². The number of rotatable bonds is 7. The van der Waals surface area contributed by atoms with E-state index < -0.39 is 0 Å². The van der Waals surface area contributed by atoms with Crippen molar-refractivity contribution in [1.82, 2.24) is 0 Å². The third-order valence-corrected chi connectivity index (χ3v) is 5.96. The van der Waals surface area contributed by atoms with Crippen molar-refractivity contribution in [3.05, 3.63) is 82.3 Å². The average Bonchev–Trinajstić information content (AvgIpc) is 2.74. The second-order valence-electron chi connectivity index (χ2n) is 6.56. The van der Waals surface area contributed by atoms with Gasteiger partial charge in [-0.25, -0.2) is 0 Å². The molecule has 0 aromatic heterocycles. The van der Waals surface area contributed by atoms with Crippen LogP contribution in [-0.4, -0.2) is 24.2 Å². The molecule has 0 heterocycles. The van der Waals surface area contributed by atoms with Gasteiger partial charge in [0.2, 0.25) is 5.91 Å². The summed E-state index contributed by atoms with van der Waals surface area (Å²) in [6, 6.07) is 19.2. The third kappa shape index (κ3) is 6.17. The number of para-hydroxylation sites is 2. The number of ether oxygens (including phenoxy) is 1. The lowest BCUT2D eigenvalue weighted by Gasteiger charge is -2.15. The van der Waals surface area contributed by atoms with Crippen molar-refractivity contribution in [3.63, 3.8) is 0 Å². The summed E-state index contributed by atoms with van der Waals surface area (Å²) < 4.78 is 5.27. The van der Waals surface area contributed by atoms with Crippen LogP contribution in [0.2, 0.25) is 10.0 Å². The van der Waals surface area contributed by atoms with Crippen molar-refractivity contribution in [2.75, 3.05) is 17.7 Å². The minimum absolute atomic E-state index is 0.156. The lowest BCUT2D eigenvalue weighted by molar-refractivity contribution is -0.115. The molecule has 1 atom stereocenters. The number of thioether (sulfide) groups is 1. The zero-order chi connectivity index (χ0) is 22.4. The number of anilines is 2. The molecular weight excluding hydrogens is 455 g/mol. The van der Waals surface area contributed by atoms with Gasteiger partial charge in [-0.05, 0) is 55.5 Å². The Hall–Kier alpha value is -2.67. The molecule has 8 heteroatoms. The van der Waals surface area contributed by atoms with Gasteiger partial charge in [-0.15, -0.1) is 11.8 Å². The minimum atomic E-state index is -0.374. The highest BCUT2D eigenvalue weighted by molar-refractivity contribution is 8.00. The number of nitrogens with one attached hydrogen (secondary N) is 2. The second-order valence-corrected chi connectivity index (χ2v) is 8.81. The first-order valence-corrected chi connectivity index (χ1v) is 11.0. The topological polar surface area (TPSA) is 67.4 Å². The number of carbonyl (C=O) groups excluding carboxylic acids is 2. The molecule has 0 radical (unpaired) electrons. The fraction of sp³-hybridized carbons (Fsp3) is 0.130. The molecule has 0 fully saturated rings. The predicted octanol–water partition coefficient (Wildman–Crippen LogP) is 6.37. The summed E-state index contributed by atoms with van der Waals surface area (Å²) in [5.74, 6) is 0.0984. The highest BCUT2D eigenvalue weighted by atomic mass is 35.5. The lowest BCUT2D eigenvalue weighted by atomic mass is 10.2. The van der Waals surface area contributed by atoms with Gasteiger partial charge in [0.05, 0.1) is 28.6 Å². The first kappa shape index (κ1) is 23.0. The Balaban J connectivity index is 1.65. The van der Waals surface area contributed by atoms with Crippen LogP contribution in [0.25, 0.3) is 0 Å². The number of hydrogen-bond acceptors (Lipinski definition) is 4. The summed E-state index contributed by atoms with van der Waals surface area (Å²) >= 11 is 13.4. The number of carbonyl (C=O) groups is 2. The molecule has 0 bridgehead atoms. The van der Waals surface area contributed by atoms with Crippen LogP contribution in [-0.2, 0) is 4.79 Å². The molecule has 0 aliphatic rings. The highest BCUT2D eigenvalue weighted by Gasteiger charge is 2.17. The Morgan fingerprint density at radius 2 is 1.74 bits per heavy atom. The normalized spacial score (nSPS) is 11.5. The summed E-state index contributed by atoms with van der Waals surface area (Å²) in [5.41, 5.74) is 1.54. The molecule has 0 saturated heterocycles. The molecule has 3 aromatic rings. The van der Waals surface area contributed by atoms with E-state index in [9.17, 15) is 9.59 Å². The van der Waals surface area contributed by atoms with Gasteiger partial charge in [0.1, 0.15) is 5.75 Å². The summed E-state index contributed by atoms with van der Waals surface area (Å²) in [6.45, 7) is 1.81. The first-order chi connectivity index (χ1) is 14.9. The van der Waals surface area contributed by atoms with Gasteiger partial charge in [0.25, 0.3) is 5.91 Å². The zero-order valence-corrected chi connectivity index (χ0v) is 19.1. The van der Waals surface area contributed by atoms with Gasteiger partial charge in [0.15, 0.2) is 0 Å². The van der Waals surface area contributed by atoms with Crippen molar-refractivity contribution in [1.29, 1.82) is 0 Å². The zero-order valence-electron chi connectivity index (χ0n) is 16.8. The number of amides is 2. The van der Waals surface area contributed by atoms with Gasteiger partial charge in [-0.3, -0.25) is 9.59 Å². The van der Waals surface area contributed by atoms with Crippen LogP contribution in [0.3, 0.4) is 0 Å². The van der Waals surface area contributed by atoms with Crippen LogP contribution < -0.4 is 15.4 Å². The largest absolute Gasteiger partial charge is 0.495 e. The smallest absolute Gasteiger partial charge is 0.257 e. The molecule has 2 amide bonds. The quantitative estimate of drug-likeness (QED) is 0.390. The van der Waals surface area contributed by atoms with E-state index in [-0.39, 0.29) is 22.1 Å². The second kappa shape index (κ2) is 10.6. The van der Waals surface area contributed by atoms with E-state index in [0.29, 0.717) is 27.7 Å². The number of halogens is 2. The van der Waals surface area contributed by atoms with Crippen molar-refractivity contribution in [3.8, 4) is 5.75 Å². The van der Waals surface area contributed by atoms with E-state index >= 15 is 0 Å². The number of hydrogen-bond donors (Lipinski definition) is 2. The molecule has 5 nitrogen and oxygen atoms in total. The van der Waals surface area contributed by atoms with Crippen LogP contribution in [0.4, 0.5) is 11.4 Å². The summed E-state index contributed by atoms with van der Waals surface area (Å²) in [4.78, 5) is 26.0. The fourth-order valence-electron chi connectivity index (χ4n) is 2.76. The van der Waals surface area contributed by atoms with Gasteiger partial charge in [-0.1, -0.05) is 41.4 Å². The lowest BCUT2D eigenvalue weighted by Crippen LogP contribution is -2.22. The molecule has 3 aromatic carbocycles. The van der Waals surface area contributed by atoms with Crippen molar-refractivity contribution >= 4 is 58.2 Å². The van der Waals surface area contributed by atoms with Crippen molar-refractivity contribution < 1.29 is 14.3 Å². The number of methoxy groups -OCH3 is 1. The van der Waals surface area contributed by atoms with E-state index in [1.807, 2.05) is 31.2 Å². The predicted molar refractivity (Wildman–Crippen MR) is 128 cm³/mol. The maximum atomic E-state index is 12.6. The Morgan fingerprint density at radius 3 is 2.48 bits per heavy atom. The maximum Gasteiger partial charge on any atom is 0.257 e. The molecule has 160 valence electrons. The van der Waals surface area contributed by atoms with Crippen molar-refractivity contribution in [2.24, 2.45) is 0 Å². The van der Waals surface area contributed by atoms with Crippen LogP contribution in [0, 0.1) is 0 Å². The molecule has 2 N–H and O–H groups in total. The molecule has 0 spiro atoms. The fourth-order valence-corrected chi connectivity index (χ4v) is 4.18. The van der Waals surface area contributed by atoms with E-state index in [1.54, 1.807) is 43.5 Å². The van der Waals surface area contributed by atoms with Gasteiger partial charge < -0.3 is 15.4 Å². The Labute approximate surface area is 195 Å². The Morgan fingerprint density at radius 1 is 0.968 bits per heavy atom. The molecule has 1 unspecified atom stereocenters. The first-order valence-electron chi connectivity index (χ1n) is 9.34. The van der Waals surface area contributed by atoms with E-state index in [2.05, 4.69) is 10.6 Å². The standard InChI is InChI=1S/C23H20Cl2N2O3S/c1-14(22(28)27-20-8-3-4-9-21(20)30-2)31-17-7-5-6-16(13-17)26-23(29)18-11-10-15(24)12-19(18)25/h3-14H,1-2H3,(H,26,29)(H,27,28). The monoisotopic (exact) mass is 474 g/mol. The highest BCUT2D eigenvalue weighted by Crippen LogP contribution is 2.29. The Bertz CT molecular complexity index is 1110. The summed E-state index contributed by atoms with van der Waals surface area (Å²) in [6.07, 6.45) is 0. The molecule has 0 saturated carbocycles. The summed E-state index contributed by atoms with van der Waals surface area (Å²) in [5, 5.41) is 6.06. The van der Waals surface area contributed by atoms with Crippen LogP contribution in [0.15, 0.2) is 71.6 Å². The van der Waals surface area contributed by atoms with Crippen LogP contribution in [0.5, 0.6) is 5.75 Å². The number of benzene rings is 3. The molecule has 0 aliphatic heterocycles. The van der Waals surface area contributed by atoms with E-state index in [1.165, 1.54) is 17.8 Å². The maximum absolute atomic E-state index is 12.6. The molecule has 31 heavy (non-hydrogen) atoms. The third-order valence-electron chi connectivity index (χ3n) is 4.31. The molecule has 3 rings (SSSR count). The SMILES string of the molecule is COc1ccccc1NC(=O)C(C)Sc1cccc(NC(=O)c2ccc(Cl)cc2Cl)c1. The molecule has 0 aliphatic carbocycles. The van der Waals surface area contributed by atoms with Crippen LogP contribution in [0.1, 0.15) is 17.3 Å². The minimum Gasteiger partial charge on any atom is -0.495 e. The summed E-state index contributed by atoms with van der Waals surface area (Å²) in [7, 11) is 1.56.